The van der Waals surface area contributed by atoms with Crippen LogP contribution in [0.2, 0.25) is 5.02 Å². The monoisotopic (exact) mass is 271 g/mol. The van der Waals surface area contributed by atoms with Crippen LogP contribution in [0.25, 0.3) is 0 Å². The van der Waals surface area contributed by atoms with E-state index in [2.05, 4.69) is 10.3 Å². The molecule has 2 unspecified atom stereocenters. The molecule has 1 heterocycles. The summed E-state index contributed by atoms with van der Waals surface area (Å²) >= 11 is 5.96. The predicted octanol–water partition coefficient (Wildman–Crippen LogP) is 2.62. The molecule has 0 aromatic carbocycles. The summed E-state index contributed by atoms with van der Waals surface area (Å²) in [7, 11) is 1.70. The molecule has 18 heavy (non-hydrogen) atoms. The highest BCUT2D eigenvalue weighted by Gasteiger charge is 2.25. The van der Waals surface area contributed by atoms with Gasteiger partial charge in [-0.2, -0.15) is 0 Å². The van der Waals surface area contributed by atoms with Gasteiger partial charge in [-0.1, -0.05) is 11.6 Å². The molecule has 98 valence electrons. The van der Waals surface area contributed by atoms with E-state index in [1.807, 2.05) is 0 Å². The number of halogens is 1. The molecule has 0 amide bonds. The second kappa shape index (κ2) is 5.49. The molecule has 1 aromatic rings. The summed E-state index contributed by atoms with van der Waals surface area (Å²) in [6, 6.07) is 1.56. The quantitative estimate of drug-likeness (QED) is 0.673. The molecule has 0 aliphatic heterocycles. The molecule has 0 saturated heterocycles. The van der Waals surface area contributed by atoms with E-state index in [9.17, 15) is 10.1 Å². The SMILES string of the molecule is COC1CCC(Nc2ncc([N+](=O)[O-])cc2Cl)C1. The molecule has 1 fully saturated rings. The second-order valence-corrected chi connectivity index (χ2v) is 4.70. The molecule has 1 N–H and O–H groups in total. The van der Waals surface area contributed by atoms with E-state index in [4.69, 9.17) is 16.3 Å². The molecule has 2 rings (SSSR count). The van der Waals surface area contributed by atoms with Crippen molar-refractivity contribution in [1.82, 2.24) is 4.98 Å². The first-order chi connectivity index (χ1) is 8.60. The average Bonchev–Trinajstić information content (AvgIpc) is 2.79. The van der Waals surface area contributed by atoms with E-state index >= 15 is 0 Å². The van der Waals surface area contributed by atoms with Gasteiger partial charge >= 0.3 is 0 Å². The summed E-state index contributed by atoms with van der Waals surface area (Å²) in [5.41, 5.74) is -0.105. The Hall–Kier alpha value is -1.40. The Labute approximate surface area is 109 Å². The summed E-state index contributed by atoms with van der Waals surface area (Å²) in [5, 5.41) is 14.0. The lowest BCUT2D eigenvalue weighted by molar-refractivity contribution is -0.385. The van der Waals surface area contributed by atoms with E-state index in [0.717, 1.165) is 19.3 Å². The molecule has 7 heteroatoms. The molecular formula is C11H14ClN3O3. The highest BCUT2D eigenvalue weighted by Crippen LogP contribution is 2.28. The van der Waals surface area contributed by atoms with E-state index < -0.39 is 4.92 Å². The minimum atomic E-state index is -0.515. The van der Waals surface area contributed by atoms with Crippen molar-refractivity contribution >= 4 is 23.1 Å². The van der Waals surface area contributed by atoms with Crippen LogP contribution in [-0.4, -0.2) is 29.2 Å². The van der Waals surface area contributed by atoms with E-state index in [1.165, 1.54) is 12.3 Å². The zero-order chi connectivity index (χ0) is 13.1. The standard InChI is InChI=1S/C11H14ClN3O3/c1-18-9-3-2-7(4-9)14-11-10(12)5-8(6-13-11)15(16)17/h5-7,9H,2-4H2,1H3,(H,13,14). The fourth-order valence-electron chi connectivity index (χ4n) is 2.11. The average molecular weight is 272 g/mol. The van der Waals surface area contributed by atoms with Crippen LogP contribution in [0.4, 0.5) is 11.5 Å². The number of aromatic nitrogens is 1. The number of rotatable bonds is 4. The van der Waals surface area contributed by atoms with Crippen LogP contribution in [-0.2, 0) is 4.74 Å². The molecule has 0 radical (unpaired) electrons. The maximum atomic E-state index is 10.6. The van der Waals surface area contributed by atoms with Crippen LogP contribution in [0, 0.1) is 10.1 Å². The third kappa shape index (κ3) is 2.88. The van der Waals surface area contributed by atoms with Gasteiger partial charge in [0.1, 0.15) is 12.0 Å². The number of pyridine rings is 1. The first kappa shape index (κ1) is 13.0. The van der Waals surface area contributed by atoms with E-state index in [-0.39, 0.29) is 22.9 Å². The minimum absolute atomic E-state index is 0.105. The van der Waals surface area contributed by atoms with Crippen molar-refractivity contribution in [2.45, 2.75) is 31.4 Å². The summed E-state index contributed by atoms with van der Waals surface area (Å²) in [5.74, 6) is 0.490. The number of hydrogen-bond acceptors (Lipinski definition) is 5. The van der Waals surface area contributed by atoms with Gasteiger partial charge in [0.2, 0.25) is 0 Å². The molecular weight excluding hydrogens is 258 g/mol. The zero-order valence-electron chi connectivity index (χ0n) is 9.93. The Morgan fingerprint density at radius 2 is 2.39 bits per heavy atom. The van der Waals surface area contributed by atoms with Gasteiger partial charge in [-0.05, 0) is 19.3 Å². The molecule has 1 saturated carbocycles. The second-order valence-electron chi connectivity index (χ2n) is 4.29. The normalized spacial score (nSPS) is 23.0. The lowest BCUT2D eigenvalue weighted by Gasteiger charge is -2.14. The Bertz CT molecular complexity index is 455. The van der Waals surface area contributed by atoms with Gasteiger partial charge in [0, 0.05) is 19.2 Å². The van der Waals surface area contributed by atoms with Gasteiger partial charge in [-0.25, -0.2) is 4.98 Å². The molecule has 2 atom stereocenters. The van der Waals surface area contributed by atoms with Crippen molar-refractivity contribution in [3.63, 3.8) is 0 Å². The number of hydrogen-bond donors (Lipinski definition) is 1. The third-order valence-electron chi connectivity index (χ3n) is 3.10. The van der Waals surface area contributed by atoms with E-state index in [0.29, 0.717) is 5.82 Å². The van der Waals surface area contributed by atoms with Gasteiger partial charge in [0.05, 0.1) is 16.0 Å². The van der Waals surface area contributed by atoms with Crippen molar-refractivity contribution in [3.05, 3.63) is 27.4 Å². The first-order valence-corrected chi connectivity index (χ1v) is 6.07. The van der Waals surface area contributed by atoms with Gasteiger partial charge in [0.25, 0.3) is 5.69 Å². The zero-order valence-corrected chi connectivity index (χ0v) is 10.7. The van der Waals surface area contributed by atoms with Crippen LogP contribution in [0.3, 0.4) is 0 Å². The highest BCUT2D eigenvalue weighted by molar-refractivity contribution is 6.33. The number of nitrogens with one attached hydrogen (secondary N) is 1. The van der Waals surface area contributed by atoms with Crippen molar-refractivity contribution in [1.29, 1.82) is 0 Å². The van der Waals surface area contributed by atoms with Crippen molar-refractivity contribution < 1.29 is 9.66 Å². The molecule has 0 spiro atoms. The van der Waals surface area contributed by atoms with Crippen molar-refractivity contribution in [3.8, 4) is 0 Å². The summed E-state index contributed by atoms with van der Waals surface area (Å²) < 4.78 is 5.28. The Kier molecular flexibility index (Phi) is 3.98. The van der Waals surface area contributed by atoms with Crippen LogP contribution >= 0.6 is 11.6 Å². The smallest absolute Gasteiger partial charge is 0.289 e. The van der Waals surface area contributed by atoms with Gasteiger partial charge in [-0.3, -0.25) is 10.1 Å². The number of anilines is 1. The third-order valence-corrected chi connectivity index (χ3v) is 3.38. The number of methoxy groups -OCH3 is 1. The summed E-state index contributed by atoms with van der Waals surface area (Å²) in [6.45, 7) is 0. The lowest BCUT2D eigenvalue weighted by Crippen LogP contribution is -2.18. The predicted molar refractivity (Wildman–Crippen MR) is 68.0 cm³/mol. The molecule has 1 aromatic heterocycles. The largest absolute Gasteiger partial charge is 0.381 e. The molecule has 6 nitrogen and oxygen atoms in total. The van der Waals surface area contributed by atoms with Crippen LogP contribution in [0.15, 0.2) is 12.3 Å². The summed E-state index contributed by atoms with van der Waals surface area (Å²) in [4.78, 5) is 14.0. The molecule has 1 aliphatic rings. The van der Waals surface area contributed by atoms with Crippen molar-refractivity contribution in [2.24, 2.45) is 0 Å². The van der Waals surface area contributed by atoms with Crippen LogP contribution < -0.4 is 5.32 Å². The molecule has 0 bridgehead atoms. The Morgan fingerprint density at radius 1 is 1.61 bits per heavy atom. The van der Waals surface area contributed by atoms with Gasteiger partial charge in [0.15, 0.2) is 0 Å². The van der Waals surface area contributed by atoms with Gasteiger partial charge < -0.3 is 10.1 Å². The van der Waals surface area contributed by atoms with Crippen LogP contribution in [0.5, 0.6) is 0 Å². The fourth-order valence-corrected chi connectivity index (χ4v) is 2.33. The van der Waals surface area contributed by atoms with E-state index in [1.54, 1.807) is 7.11 Å². The molecule has 1 aliphatic carbocycles. The van der Waals surface area contributed by atoms with Crippen molar-refractivity contribution in [2.75, 3.05) is 12.4 Å². The maximum absolute atomic E-state index is 10.6. The summed E-state index contributed by atoms with van der Waals surface area (Å²) in [6.07, 6.45) is 4.34. The lowest BCUT2D eigenvalue weighted by atomic mass is 10.2. The fraction of sp³-hybridized carbons (Fsp3) is 0.545. The Morgan fingerprint density at radius 3 is 2.94 bits per heavy atom. The highest BCUT2D eigenvalue weighted by atomic mass is 35.5. The minimum Gasteiger partial charge on any atom is -0.381 e. The van der Waals surface area contributed by atoms with Gasteiger partial charge in [-0.15, -0.1) is 0 Å². The van der Waals surface area contributed by atoms with Crippen LogP contribution in [0.1, 0.15) is 19.3 Å². The number of ether oxygens (including phenoxy) is 1. The number of nitro groups is 1. The Balaban J connectivity index is 2.04. The maximum Gasteiger partial charge on any atom is 0.289 e. The first-order valence-electron chi connectivity index (χ1n) is 5.69. The topological polar surface area (TPSA) is 77.3 Å². The number of nitrogens with zero attached hydrogens (tertiary/aromatic N) is 2.